The van der Waals surface area contributed by atoms with Crippen LogP contribution in [0.5, 0.6) is 5.75 Å². The molecule has 6 heteroatoms. The molecule has 0 unspecified atom stereocenters. The van der Waals surface area contributed by atoms with Crippen LogP contribution in [-0.2, 0) is 4.86 Å². The number of halogens is 2. The Morgan fingerprint density at radius 2 is 2.00 bits per heavy atom. The maximum absolute atomic E-state index is 12.7. The Balaban J connectivity index is 2.69. The van der Waals surface area contributed by atoms with Crippen molar-refractivity contribution < 1.29 is 23.5 Å². The summed E-state index contributed by atoms with van der Waals surface area (Å²) in [5.74, 6) is -0.976. The number of hydrogen-bond acceptors (Lipinski definition) is 3. The van der Waals surface area contributed by atoms with Crippen LogP contribution in [0.4, 0.5) is 8.92 Å². The molecule has 0 aromatic heterocycles. The molecule has 0 aliphatic heterocycles. The van der Waals surface area contributed by atoms with Crippen molar-refractivity contribution in [3.8, 4) is 5.75 Å². The highest BCUT2D eigenvalue weighted by Crippen LogP contribution is 2.15. The Kier molecular flexibility index (Phi) is 3.01. The van der Waals surface area contributed by atoms with Gasteiger partial charge in [0, 0.05) is 0 Å². The van der Waals surface area contributed by atoms with Gasteiger partial charge in [0.05, 0.1) is 0 Å². The maximum atomic E-state index is 12.7. The predicted octanol–water partition coefficient (Wildman–Crippen LogP) is 1.08. The highest BCUT2D eigenvalue weighted by Gasteiger charge is 2.20. The highest BCUT2D eigenvalue weighted by atomic mass is 19.3. The summed E-state index contributed by atoms with van der Waals surface area (Å²) in [6.07, 6.45) is 0. The van der Waals surface area contributed by atoms with E-state index < -0.39 is 13.1 Å². The van der Waals surface area contributed by atoms with Gasteiger partial charge in [-0.2, -0.15) is 4.86 Å². The van der Waals surface area contributed by atoms with E-state index >= 15 is 0 Å². The molecule has 0 heterocycles. The lowest BCUT2D eigenvalue weighted by Gasteiger charge is -2.04. The average Bonchev–Trinajstić information content (AvgIpc) is 2.09. The Hall–Kier alpha value is -1.14. The highest BCUT2D eigenvalue weighted by molar-refractivity contribution is 6.35. The van der Waals surface area contributed by atoms with Gasteiger partial charge in [0.25, 0.3) is 0 Å². The molecule has 12 heavy (non-hydrogen) atoms. The summed E-state index contributed by atoms with van der Waals surface area (Å²) < 4.78 is 28.2. The van der Waals surface area contributed by atoms with Crippen LogP contribution in [0.2, 0.25) is 0 Å². The second kappa shape index (κ2) is 4.03. The molecule has 0 amide bonds. The second-order valence-electron chi connectivity index (χ2n) is 1.94. The van der Waals surface area contributed by atoms with Crippen LogP contribution in [-0.4, -0.2) is 12.3 Å². The van der Waals surface area contributed by atoms with E-state index in [0.29, 0.717) is 0 Å². The lowest BCUT2D eigenvalue weighted by Crippen LogP contribution is -2.22. The van der Waals surface area contributed by atoms with Crippen molar-refractivity contribution in [1.29, 1.82) is 0 Å². The molecule has 3 nitrogen and oxygen atoms in total. The molecule has 1 rings (SSSR count). The molecular weight excluding hydrogens is 169 g/mol. The van der Waals surface area contributed by atoms with Crippen LogP contribution in [0.25, 0.3) is 0 Å². The molecular formula is C6H5BF2O3. The second-order valence-corrected chi connectivity index (χ2v) is 1.94. The number of rotatable bonds is 3. The molecule has 0 atom stereocenters. The standard InChI is InChI=1S/C6H5BF2O3/c8-5-3-1-2-4-6(5)11-7(10)12-9/h1-4,10H. The Morgan fingerprint density at radius 1 is 1.33 bits per heavy atom. The van der Waals surface area contributed by atoms with E-state index in [1.54, 1.807) is 0 Å². The van der Waals surface area contributed by atoms with Crippen molar-refractivity contribution in [2.75, 3.05) is 0 Å². The normalized spacial score (nSPS) is 9.58. The molecule has 0 radical (unpaired) electrons. The zero-order chi connectivity index (χ0) is 8.97. The smallest absolute Gasteiger partial charge is 0.508 e. The molecule has 1 aromatic rings. The average molecular weight is 174 g/mol. The van der Waals surface area contributed by atoms with Crippen molar-refractivity contribution in [3.05, 3.63) is 30.1 Å². The fourth-order valence-corrected chi connectivity index (χ4v) is 0.667. The van der Waals surface area contributed by atoms with E-state index in [1.807, 2.05) is 0 Å². The van der Waals surface area contributed by atoms with Gasteiger partial charge in [-0.05, 0) is 12.1 Å². The largest absolute Gasteiger partial charge is 0.743 e. The van der Waals surface area contributed by atoms with Gasteiger partial charge < -0.3 is 9.68 Å². The van der Waals surface area contributed by atoms with Crippen LogP contribution >= 0.6 is 0 Å². The van der Waals surface area contributed by atoms with Gasteiger partial charge in [-0.15, -0.1) is 0 Å². The van der Waals surface area contributed by atoms with E-state index in [1.165, 1.54) is 18.2 Å². The summed E-state index contributed by atoms with van der Waals surface area (Å²) in [6.45, 7) is 0. The summed E-state index contributed by atoms with van der Waals surface area (Å²) in [6, 6.07) is 5.26. The van der Waals surface area contributed by atoms with Crippen molar-refractivity contribution in [2.45, 2.75) is 0 Å². The molecule has 0 spiro atoms. The van der Waals surface area contributed by atoms with Gasteiger partial charge in [-0.3, -0.25) is 0 Å². The Morgan fingerprint density at radius 3 is 2.58 bits per heavy atom. The Labute approximate surface area is 67.6 Å². The summed E-state index contributed by atoms with van der Waals surface area (Å²) in [7, 11) is -2.10. The van der Waals surface area contributed by atoms with Crippen LogP contribution in [0.3, 0.4) is 0 Å². The fraction of sp³-hybridized carbons (Fsp3) is 0. The van der Waals surface area contributed by atoms with Crippen LogP contribution in [0, 0.1) is 5.82 Å². The van der Waals surface area contributed by atoms with Crippen molar-refractivity contribution >= 4 is 7.32 Å². The van der Waals surface area contributed by atoms with E-state index in [0.717, 1.165) is 6.07 Å². The monoisotopic (exact) mass is 174 g/mol. The summed E-state index contributed by atoms with van der Waals surface area (Å²) >= 11 is 0. The molecule has 0 saturated heterocycles. The van der Waals surface area contributed by atoms with Crippen LogP contribution < -0.4 is 4.65 Å². The van der Waals surface area contributed by atoms with Gasteiger partial charge in [0.1, 0.15) is 5.75 Å². The third kappa shape index (κ3) is 2.18. The summed E-state index contributed by atoms with van der Waals surface area (Å²) in [4.78, 5) is 2.88. The molecule has 1 aromatic carbocycles. The molecule has 0 fully saturated rings. The van der Waals surface area contributed by atoms with Gasteiger partial charge >= 0.3 is 7.32 Å². The van der Waals surface area contributed by atoms with Gasteiger partial charge in [-0.1, -0.05) is 16.7 Å². The zero-order valence-corrected chi connectivity index (χ0v) is 5.91. The molecule has 0 aliphatic carbocycles. The summed E-state index contributed by atoms with van der Waals surface area (Å²) in [5, 5.41) is 8.45. The molecule has 0 aliphatic rings. The maximum Gasteiger partial charge on any atom is 0.743 e. The van der Waals surface area contributed by atoms with E-state index in [-0.39, 0.29) is 5.75 Å². The number of hydrogen-bond donors (Lipinski definition) is 1. The quantitative estimate of drug-likeness (QED) is 0.696. The first-order chi connectivity index (χ1) is 5.74. The number of benzene rings is 1. The van der Waals surface area contributed by atoms with Gasteiger partial charge in [0.15, 0.2) is 5.82 Å². The minimum atomic E-state index is -2.10. The minimum Gasteiger partial charge on any atom is -0.508 e. The molecule has 0 saturated carbocycles. The van der Waals surface area contributed by atoms with Gasteiger partial charge in [0.2, 0.25) is 0 Å². The van der Waals surface area contributed by atoms with E-state index in [2.05, 4.69) is 9.51 Å². The first kappa shape index (κ1) is 8.96. The fourth-order valence-electron chi connectivity index (χ4n) is 0.667. The Bertz CT molecular complexity index is 258. The van der Waals surface area contributed by atoms with Crippen molar-refractivity contribution in [2.24, 2.45) is 0 Å². The summed E-state index contributed by atoms with van der Waals surface area (Å²) in [5.41, 5.74) is 0. The topological polar surface area (TPSA) is 38.7 Å². The molecule has 1 N–H and O–H groups in total. The third-order valence-electron chi connectivity index (χ3n) is 1.14. The van der Waals surface area contributed by atoms with Crippen LogP contribution in [0.1, 0.15) is 0 Å². The first-order valence-corrected chi connectivity index (χ1v) is 3.10. The van der Waals surface area contributed by atoms with E-state index in [9.17, 15) is 8.92 Å². The lowest BCUT2D eigenvalue weighted by atomic mass is 10.2. The van der Waals surface area contributed by atoms with Crippen molar-refractivity contribution in [3.63, 3.8) is 0 Å². The predicted molar refractivity (Wildman–Crippen MR) is 37.2 cm³/mol. The number of para-hydroxylation sites is 1. The van der Waals surface area contributed by atoms with Crippen LogP contribution in [0.15, 0.2) is 24.3 Å². The van der Waals surface area contributed by atoms with Gasteiger partial charge in [-0.25, -0.2) is 4.39 Å². The third-order valence-corrected chi connectivity index (χ3v) is 1.14. The first-order valence-electron chi connectivity index (χ1n) is 3.10. The van der Waals surface area contributed by atoms with E-state index in [4.69, 9.17) is 5.02 Å². The zero-order valence-electron chi connectivity index (χ0n) is 5.91. The minimum absolute atomic E-state index is 0.275. The SMILES string of the molecule is OB(OF)Oc1ccccc1F. The van der Waals surface area contributed by atoms with Crippen molar-refractivity contribution in [1.82, 2.24) is 0 Å². The molecule has 0 bridgehead atoms. The lowest BCUT2D eigenvalue weighted by molar-refractivity contribution is -0.0530. The molecule has 64 valence electrons.